The van der Waals surface area contributed by atoms with E-state index in [-0.39, 0.29) is 6.04 Å². The first-order chi connectivity index (χ1) is 7.75. The first-order valence-corrected chi connectivity index (χ1v) is 5.68. The van der Waals surface area contributed by atoms with E-state index in [0.717, 1.165) is 38.4 Å². The second-order valence-electron chi connectivity index (χ2n) is 4.15. The monoisotopic (exact) mass is 226 g/mol. The molecule has 2 rings (SSSR count). The summed E-state index contributed by atoms with van der Waals surface area (Å²) in [6.07, 6.45) is 3.07. The minimum absolute atomic E-state index is 0.273. The molecular weight excluding hydrogens is 210 g/mol. The summed E-state index contributed by atoms with van der Waals surface area (Å²) in [5.41, 5.74) is 0.397. The molecule has 16 heavy (non-hydrogen) atoms. The van der Waals surface area contributed by atoms with Gasteiger partial charge in [0.2, 0.25) is 0 Å². The zero-order valence-corrected chi connectivity index (χ0v) is 9.10. The third kappa shape index (κ3) is 2.92. The fourth-order valence-corrected chi connectivity index (χ4v) is 1.99. The molecule has 88 valence electrons. The molecule has 1 aliphatic rings. The molecule has 1 saturated heterocycles. The maximum atomic E-state index is 13.4. The van der Waals surface area contributed by atoms with E-state index in [1.165, 1.54) is 12.1 Å². The molecule has 1 unspecified atom stereocenters. The Morgan fingerprint density at radius 2 is 2.06 bits per heavy atom. The Balaban J connectivity index is 2.01. The van der Waals surface area contributed by atoms with Gasteiger partial charge in [0, 0.05) is 12.1 Å². The number of nitrogens with one attached hydrogen (secondary N) is 2. The van der Waals surface area contributed by atoms with Gasteiger partial charge < -0.3 is 10.6 Å². The van der Waals surface area contributed by atoms with Gasteiger partial charge in [-0.3, -0.25) is 0 Å². The van der Waals surface area contributed by atoms with Crippen molar-refractivity contribution in [1.82, 2.24) is 5.32 Å². The lowest BCUT2D eigenvalue weighted by molar-refractivity contribution is 0.577. The van der Waals surface area contributed by atoms with E-state index in [4.69, 9.17) is 0 Å². The summed E-state index contributed by atoms with van der Waals surface area (Å²) in [6.45, 7) is 1.96. The lowest BCUT2D eigenvalue weighted by atomic mass is 10.1. The van der Waals surface area contributed by atoms with Gasteiger partial charge in [-0.1, -0.05) is 0 Å². The van der Waals surface area contributed by atoms with Gasteiger partial charge in [-0.05, 0) is 44.5 Å². The Bertz CT molecular complexity index is 347. The second-order valence-corrected chi connectivity index (χ2v) is 4.15. The van der Waals surface area contributed by atoms with Crippen molar-refractivity contribution in [3.05, 3.63) is 29.8 Å². The Morgan fingerprint density at radius 3 is 2.88 bits per heavy atom. The Kier molecular flexibility index (Phi) is 3.72. The summed E-state index contributed by atoms with van der Waals surface area (Å²) in [6, 6.07) is 3.93. The average Bonchev–Trinajstić information content (AvgIpc) is 2.51. The highest BCUT2D eigenvalue weighted by Crippen LogP contribution is 2.18. The summed E-state index contributed by atoms with van der Waals surface area (Å²) in [5, 5.41) is 6.43. The third-order valence-electron chi connectivity index (χ3n) is 2.87. The van der Waals surface area contributed by atoms with Gasteiger partial charge in [-0.15, -0.1) is 0 Å². The summed E-state index contributed by atoms with van der Waals surface area (Å²) in [5.74, 6) is -1.05. The molecule has 1 aromatic carbocycles. The highest BCUT2D eigenvalue weighted by atomic mass is 19.1. The molecule has 2 N–H and O–H groups in total. The summed E-state index contributed by atoms with van der Waals surface area (Å²) >= 11 is 0. The van der Waals surface area contributed by atoms with Crippen LogP contribution in [0, 0.1) is 11.6 Å². The standard InChI is InChI=1S/C12H16F2N2/c13-9-3-4-12(11(14)8-9)16-10-2-1-6-15-7-5-10/h3-4,8,10,15-16H,1-2,5-7H2. The van der Waals surface area contributed by atoms with Crippen LogP contribution in [0.3, 0.4) is 0 Å². The third-order valence-corrected chi connectivity index (χ3v) is 2.87. The van der Waals surface area contributed by atoms with Crippen molar-refractivity contribution in [3.63, 3.8) is 0 Å². The van der Waals surface area contributed by atoms with Gasteiger partial charge in [0.1, 0.15) is 11.6 Å². The lowest BCUT2D eigenvalue weighted by Crippen LogP contribution is -2.22. The smallest absolute Gasteiger partial charge is 0.149 e. The molecule has 0 aromatic heterocycles. The van der Waals surface area contributed by atoms with Gasteiger partial charge in [-0.2, -0.15) is 0 Å². The van der Waals surface area contributed by atoms with Gasteiger partial charge in [-0.25, -0.2) is 8.78 Å². The molecule has 0 spiro atoms. The van der Waals surface area contributed by atoms with Crippen LogP contribution in [0.1, 0.15) is 19.3 Å². The number of benzene rings is 1. The number of rotatable bonds is 2. The molecule has 0 saturated carbocycles. The molecule has 4 heteroatoms. The van der Waals surface area contributed by atoms with Crippen LogP contribution < -0.4 is 10.6 Å². The number of anilines is 1. The highest BCUT2D eigenvalue weighted by Gasteiger charge is 2.13. The zero-order chi connectivity index (χ0) is 11.4. The van der Waals surface area contributed by atoms with Crippen LogP contribution in [0.2, 0.25) is 0 Å². The maximum Gasteiger partial charge on any atom is 0.149 e. The summed E-state index contributed by atoms with van der Waals surface area (Å²) in [4.78, 5) is 0. The molecule has 1 heterocycles. The minimum Gasteiger partial charge on any atom is -0.380 e. The molecule has 1 atom stereocenters. The fourth-order valence-electron chi connectivity index (χ4n) is 1.99. The summed E-state index contributed by atoms with van der Waals surface area (Å²) in [7, 11) is 0. The van der Waals surface area contributed by atoms with Crippen molar-refractivity contribution >= 4 is 5.69 Å². The predicted molar refractivity (Wildman–Crippen MR) is 60.5 cm³/mol. The molecule has 0 amide bonds. The number of hydrogen-bond donors (Lipinski definition) is 2. The first kappa shape index (κ1) is 11.3. The van der Waals surface area contributed by atoms with Gasteiger partial charge in [0.25, 0.3) is 0 Å². The topological polar surface area (TPSA) is 24.1 Å². The maximum absolute atomic E-state index is 13.4. The van der Waals surface area contributed by atoms with E-state index >= 15 is 0 Å². The van der Waals surface area contributed by atoms with E-state index < -0.39 is 11.6 Å². The quantitative estimate of drug-likeness (QED) is 0.809. The molecule has 2 nitrogen and oxygen atoms in total. The Labute approximate surface area is 94.0 Å². The van der Waals surface area contributed by atoms with Crippen LogP contribution in [-0.2, 0) is 0 Å². The summed E-state index contributed by atoms with van der Waals surface area (Å²) < 4.78 is 26.1. The SMILES string of the molecule is Fc1ccc(NC2CCCNCC2)c(F)c1. The van der Waals surface area contributed by atoms with E-state index in [1.807, 2.05) is 0 Å². The van der Waals surface area contributed by atoms with Crippen LogP contribution in [-0.4, -0.2) is 19.1 Å². The van der Waals surface area contributed by atoms with Crippen molar-refractivity contribution in [3.8, 4) is 0 Å². The van der Waals surface area contributed by atoms with Crippen LogP contribution in [0.25, 0.3) is 0 Å². The minimum atomic E-state index is -0.536. The fraction of sp³-hybridized carbons (Fsp3) is 0.500. The van der Waals surface area contributed by atoms with Crippen molar-refractivity contribution in [2.24, 2.45) is 0 Å². The van der Waals surface area contributed by atoms with Crippen LogP contribution in [0.4, 0.5) is 14.5 Å². The van der Waals surface area contributed by atoms with E-state index in [1.54, 1.807) is 0 Å². The van der Waals surface area contributed by atoms with Gasteiger partial charge in [0.15, 0.2) is 0 Å². The number of halogens is 2. The van der Waals surface area contributed by atoms with Crippen molar-refractivity contribution in [2.45, 2.75) is 25.3 Å². The molecular formula is C12H16F2N2. The Morgan fingerprint density at radius 1 is 1.19 bits per heavy atom. The highest BCUT2D eigenvalue weighted by molar-refractivity contribution is 5.45. The molecule has 1 aliphatic heterocycles. The van der Waals surface area contributed by atoms with Crippen molar-refractivity contribution in [1.29, 1.82) is 0 Å². The largest absolute Gasteiger partial charge is 0.380 e. The van der Waals surface area contributed by atoms with Crippen molar-refractivity contribution in [2.75, 3.05) is 18.4 Å². The molecule has 0 bridgehead atoms. The molecule has 1 aromatic rings. The predicted octanol–water partition coefficient (Wildman–Crippen LogP) is 2.52. The van der Waals surface area contributed by atoms with Crippen LogP contribution in [0.15, 0.2) is 18.2 Å². The Hall–Kier alpha value is -1.16. The molecule has 1 fully saturated rings. The number of hydrogen-bond acceptors (Lipinski definition) is 2. The zero-order valence-electron chi connectivity index (χ0n) is 9.10. The van der Waals surface area contributed by atoms with E-state index in [9.17, 15) is 8.78 Å². The van der Waals surface area contributed by atoms with Gasteiger partial charge in [0.05, 0.1) is 5.69 Å². The first-order valence-electron chi connectivity index (χ1n) is 5.68. The molecule has 0 radical (unpaired) electrons. The van der Waals surface area contributed by atoms with E-state index in [0.29, 0.717) is 5.69 Å². The van der Waals surface area contributed by atoms with Crippen LogP contribution >= 0.6 is 0 Å². The van der Waals surface area contributed by atoms with Crippen molar-refractivity contribution < 1.29 is 8.78 Å². The van der Waals surface area contributed by atoms with Crippen LogP contribution in [0.5, 0.6) is 0 Å². The van der Waals surface area contributed by atoms with Gasteiger partial charge >= 0.3 is 0 Å². The second kappa shape index (κ2) is 5.25. The lowest BCUT2D eigenvalue weighted by Gasteiger charge is -2.17. The van der Waals surface area contributed by atoms with E-state index in [2.05, 4.69) is 10.6 Å². The average molecular weight is 226 g/mol. The normalized spacial score (nSPS) is 21.5. The molecule has 0 aliphatic carbocycles.